The van der Waals surface area contributed by atoms with Crippen molar-refractivity contribution in [3.8, 4) is 0 Å². The van der Waals surface area contributed by atoms with Crippen LogP contribution in [-0.4, -0.2) is 10.5 Å². The van der Waals surface area contributed by atoms with Crippen LogP contribution in [0.1, 0.15) is 27.2 Å². The highest BCUT2D eigenvalue weighted by molar-refractivity contribution is 5.94. The number of nitrogens with zero attached hydrogens (tertiary/aromatic N) is 1. The first-order valence-corrected chi connectivity index (χ1v) is 7.23. The predicted octanol–water partition coefficient (Wildman–Crippen LogP) is 3.38. The van der Waals surface area contributed by atoms with Crippen molar-refractivity contribution >= 4 is 16.9 Å². The number of benzene rings is 2. The monoisotopic (exact) mass is 332 g/mol. The van der Waals surface area contributed by atoms with E-state index in [1.54, 1.807) is 0 Å². The minimum atomic E-state index is -4.48. The van der Waals surface area contributed by atoms with E-state index in [1.165, 1.54) is 16.7 Å². The number of carbonyl (C=O) groups is 1. The predicted molar refractivity (Wildman–Crippen MR) is 81.6 cm³/mol. The van der Waals surface area contributed by atoms with E-state index in [9.17, 15) is 23.1 Å². The molecule has 1 heterocycles. The number of hydrogen-bond acceptors (Lipinski definition) is 2. The Morgan fingerprint density at radius 3 is 2.50 bits per heavy atom. The van der Waals surface area contributed by atoms with Gasteiger partial charge in [-0.3, -0.25) is 0 Å². The number of alkyl halides is 3. The smallest absolute Gasteiger partial charge is 0.416 e. The number of carboxylic acids is 1. The first-order chi connectivity index (χ1) is 11.3. The lowest BCUT2D eigenvalue weighted by Gasteiger charge is -2.12. The van der Waals surface area contributed by atoms with Crippen molar-refractivity contribution in [2.45, 2.75) is 19.6 Å². The van der Waals surface area contributed by atoms with Crippen molar-refractivity contribution in [3.63, 3.8) is 0 Å². The standard InChI is InChI=1S/C18H14F3NO2/c1-11-3-2-4-12(7-11)10-22-15-6-5-14(18(19,20)21)8-13(15)9-16(22)17(23)24/h2-9H,10H2,1H3,(H,23,24)/p-1. The molecule has 0 bridgehead atoms. The van der Waals surface area contributed by atoms with Gasteiger partial charge in [0.2, 0.25) is 0 Å². The second-order valence-corrected chi connectivity index (χ2v) is 5.66. The fourth-order valence-electron chi connectivity index (χ4n) is 2.78. The van der Waals surface area contributed by atoms with Gasteiger partial charge in [0.05, 0.1) is 17.2 Å². The van der Waals surface area contributed by atoms with Crippen LogP contribution in [0, 0.1) is 6.92 Å². The normalized spacial score (nSPS) is 11.8. The Kier molecular flexibility index (Phi) is 3.83. The van der Waals surface area contributed by atoms with Gasteiger partial charge in [0.25, 0.3) is 0 Å². The molecule has 0 saturated heterocycles. The molecule has 0 spiro atoms. The van der Waals surface area contributed by atoms with E-state index in [-0.39, 0.29) is 17.6 Å². The van der Waals surface area contributed by atoms with Crippen LogP contribution < -0.4 is 5.11 Å². The number of halogens is 3. The van der Waals surface area contributed by atoms with Gasteiger partial charge >= 0.3 is 6.18 Å². The molecule has 0 atom stereocenters. The third-order valence-electron chi connectivity index (χ3n) is 3.86. The summed E-state index contributed by atoms with van der Waals surface area (Å²) in [7, 11) is 0. The summed E-state index contributed by atoms with van der Waals surface area (Å²) in [4.78, 5) is 11.4. The van der Waals surface area contributed by atoms with Crippen LogP contribution in [-0.2, 0) is 12.7 Å². The molecule has 0 radical (unpaired) electrons. The lowest BCUT2D eigenvalue weighted by Crippen LogP contribution is -2.25. The second-order valence-electron chi connectivity index (χ2n) is 5.66. The molecule has 3 aromatic rings. The molecule has 0 saturated carbocycles. The summed E-state index contributed by atoms with van der Waals surface area (Å²) in [5, 5.41) is 11.6. The molecule has 0 unspecified atom stereocenters. The van der Waals surface area contributed by atoms with Gasteiger partial charge in [-0.1, -0.05) is 29.8 Å². The third-order valence-corrected chi connectivity index (χ3v) is 3.86. The van der Waals surface area contributed by atoms with Gasteiger partial charge in [0.1, 0.15) is 0 Å². The van der Waals surface area contributed by atoms with Crippen molar-refractivity contribution in [1.29, 1.82) is 0 Å². The van der Waals surface area contributed by atoms with E-state index in [4.69, 9.17) is 0 Å². The van der Waals surface area contributed by atoms with Crippen LogP contribution >= 0.6 is 0 Å². The van der Waals surface area contributed by atoms with E-state index in [1.807, 2.05) is 31.2 Å². The summed E-state index contributed by atoms with van der Waals surface area (Å²) < 4.78 is 40.0. The van der Waals surface area contributed by atoms with Gasteiger partial charge in [-0.05, 0) is 36.8 Å². The highest BCUT2D eigenvalue weighted by Crippen LogP contribution is 2.32. The first-order valence-electron chi connectivity index (χ1n) is 7.23. The van der Waals surface area contributed by atoms with Crippen LogP contribution in [0.2, 0.25) is 0 Å². The molecule has 3 nitrogen and oxygen atoms in total. The van der Waals surface area contributed by atoms with Crippen molar-refractivity contribution in [2.75, 3.05) is 0 Å². The van der Waals surface area contributed by atoms with Crippen molar-refractivity contribution in [1.82, 2.24) is 4.57 Å². The molecule has 0 amide bonds. The largest absolute Gasteiger partial charge is 0.543 e. The maximum atomic E-state index is 12.8. The molecule has 6 heteroatoms. The molecule has 0 fully saturated rings. The van der Waals surface area contributed by atoms with Gasteiger partial charge in [-0.2, -0.15) is 13.2 Å². The van der Waals surface area contributed by atoms with Crippen molar-refractivity contribution in [3.05, 3.63) is 70.9 Å². The lowest BCUT2D eigenvalue weighted by molar-refractivity contribution is -0.255. The Hall–Kier alpha value is -2.76. The van der Waals surface area contributed by atoms with E-state index in [2.05, 4.69) is 0 Å². The number of aromatic nitrogens is 1. The van der Waals surface area contributed by atoms with E-state index in [0.29, 0.717) is 5.52 Å². The number of carboxylic acid groups (broad SMARTS) is 1. The second kappa shape index (κ2) is 5.70. The lowest BCUT2D eigenvalue weighted by atomic mass is 10.1. The number of aromatic carboxylic acids is 1. The zero-order valence-corrected chi connectivity index (χ0v) is 12.7. The van der Waals surface area contributed by atoms with Crippen molar-refractivity contribution < 1.29 is 23.1 Å². The third kappa shape index (κ3) is 2.99. The molecule has 0 aliphatic heterocycles. The van der Waals surface area contributed by atoms with E-state index >= 15 is 0 Å². The van der Waals surface area contributed by atoms with Crippen LogP contribution in [0.15, 0.2) is 48.5 Å². The zero-order chi connectivity index (χ0) is 17.5. The summed E-state index contributed by atoms with van der Waals surface area (Å²) in [6, 6.07) is 11.9. The van der Waals surface area contributed by atoms with Gasteiger partial charge in [0.15, 0.2) is 0 Å². The molecule has 24 heavy (non-hydrogen) atoms. The summed E-state index contributed by atoms with van der Waals surface area (Å²) in [6.45, 7) is 2.15. The van der Waals surface area contributed by atoms with Crippen LogP contribution in [0.3, 0.4) is 0 Å². The highest BCUT2D eigenvalue weighted by atomic mass is 19.4. The summed E-state index contributed by atoms with van der Waals surface area (Å²) >= 11 is 0. The molecular weight excluding hydrogens is 319 g/mol. The summed E-state index contributed by atoms with van der Waals surface area (Å²) in [5.74, 6) is -1.42. The molecule has 0 aliphatic carbocycles. The molecule has 0 N–H and O–H groups in total. The molecule has 1 aromatic heterocycles. The first kappa shape index (κ1) is 16.1. The number of hydrogen-bond donors (Lipinski definition) is 0. The molecule has 0 aliphatic rings. The Labute approximate surface area is 136 Å². The van der Waals surface area contributed by atoms with E-state index < -0.39 is 17.7 Å². The quantitative estimate of drug-likeness (QED) is 0.738. The zero-order valence-electron chi connectivity index (χ0n) is 12.7. The van der Waals surface area contributed by atoms with Crippen LogP contribution in [0.4, 0.5) is 13.2 Å². The fraction of sp³-hybridized carbons (Fsp3) is 0.167. The number of aryl methyl sites for hydroxylation is 1. The van der Waals surface area contributed by atoms with Gasteiger partial charge in [-0.25, -0.2) is 0 Å². The Morgan fingerprint density at radius 1 is 1.12 bits per heavy atom. The SMILES string of the molecule is Cc1cccc(Cn2c(C(=O)[O-])cc3cc(C(F)(F)F)ccc32)c1. The molecule has 124 valence electrons. The maximum absolute atomic E-state index is 12.8. The average molecular weight is 332 g/mol. The number of fused-ring (bicyclic) bond motifs is 1. The van der Waals surface area contributed by atoms with Crippen LogP contribution in [0.5, 0.6) is 0 Å². The minimum Gasteiger partial charge on any atom is -0.543 e. The minimum absolute atomic E-state index is 0.147. The number of carbonyl (C=O) groups excluding carboxylic acids is 1. The van der Waals surface area contributed by atoms with Crippen LogP contribution in [0.25, 0.3) is 10.9 Å². The van der Waals surface area contributed by atoms with Crippen molar-refractivity contribution in [2.24, 2.45) is 0 Å². The highest BCUT2D eigenvalue weighted by Gasteiger charge is 2.30. The average Bonchev–Trinajstić information content (AvgIpc) is 2.85. The molecule has 3 rings (SSSR count). The summed E-state index contributed by atoms with van der Waals surface area (Å²) in [5.41, 5.74) is 1.33. The molecule has 2 aromatic carbocycles. The number of rotatable bonds is 3. The Morgan fingerprint density at radius 2 is 1.88 bits per heavy atom. The van der Waals surface area contributed by atoms with E-state index in [0.717, 1.165) is 23.3 Å². The van der Waals surface area contributed by atoms with Gasteiger partial charge in [-0.15, -0.1) is 0 Å². The maximum Gasteiger partial charge on any atom is 0.416 e. The topological polar surface area (TPSA) is 45.1 Å². The fourth-order valence-corrected chi connectivity index (χ4v) is 2.78. The Balaban J connectivity index is 2.14. The van der Waals surface area contributed by atoms with Gasteiger partial charge in [0, 0.05) is 17.4 Å². The molecular formula is C18H13F3NO2-. The Bertz CT molecular complexity index is 926. The summed E-state index contributed by atoms with van der Waals surface area (Å²) in [6.07, 6.45) is -4.48. The van der Waals surface area contributed by atoms with Gasteiger partial charge < -0.3 is 14.5 Å².